The third-order valence-corrected chi connectivity index (χ3v) is 5.64. The minimum atomic E-state index is -1.14. The predicted molar refractivity (Wildman–Crippen MR) is 121 cm³/mol. The molecule has 5 aromatic rings. The molecule has 0 radical (unpaired) electrons. The summed E-state index contributed by atoms with van der Waals surface area (Å²) in [5.41, 5.74) is 3.63. The maximum atomic E-state index is 12.2. The van der Waals surface area contributed by atoms with Crippen LogP contribution in [-0.4, -0.2) is 21.3 Å². The fourth-order valence-electron chi connectivity index (χ4n) is 4.21. The van der Waals surface area contributed by atoms with Crippen LogP contribution in [0.2, 0.25) is 0 Å². The number of aromatic nitrogens is 1. The molecular weight excluding hydrogens is 376 g/mol. The number of aromatic hydroxyl groups is 1. The SMILES string of the molecule is CCc1ccccc1N(C(=O)O)c1cc2ccc3c4ccccc4[nH]c3c2cc1O. The van der Waals surface area contributed by atoms with Crippen LogP contribution in [0, 0.1) is 0 Å². The first-order valence-electron chi connectivity index (χ1n) is 9.85. The second kappa shape index (κ2) is 6.81. The molecule has 0 aliphatic heterocycles. The van der Waals surface area contributed by atoms with Crippen molar-refractivity contribution >= 4 is 50.0 Å². The minimum absolute atomic E-state index is 0.0815. The fraction of sp³-hybridized carbons (Fsp3) is 0.0800. The standard InChI is InChI=1S/C25H20N2O3/c1-2-15-7-3-6-10-21(15)27(25(29)30)22-13-16-11-12-18-17-8-4-5-9-20(17)26-24(18)19(16)14-23(22)28/h3-14,26,28H,2H2,1H3,(H,29,30). The van der Waals surface area contributed by atoms with Gasteiger partial charge in [0.1, 0.15) is 5.75 Å². The summed E-state index contributed by atoms with van der Waals surface area (Å²) in [5.74, 6) is -0.0815. The second-order valence-electron chi connectivity index (χ2n) is 7.32. The number of benzene rings is 4. The number of para-hydroxylation sites is 2. The van der Waals surface area contributed by atoms with Crippen LogP contribution in [-0.2, 0) is 6.42 Å². The molecule has 148 valence electrons. The average Bonchev–Trinajstić information content (AvgIpc) is 3.14. The summed E-state index contributed by atoms with van der Waals surface area (Å²) in [6.45, 7) is 1.98. The zero-order chi connectivity index (χ0) is 20.8. The largest absolute Gasteiger partial charge is 0.506 e. The van der Waals surface area contributed by atoms with Gasteiger partial charge in [-0.2, -0.15) is 0 Å². The number of nitrogens with one attached hydrogen (secondary N) is 1. The van der Waals surface area contributed by atoms with Crippen molar-refractivity contribution in [2.24, 2.45) is 0 Å². The van der Waals surface area contributed by atoms with Gasteiger partial charge < -0.3 is 15.2 Å². The molecule has 0 bridgehead atoms. The molecule has 0 saturated heterocycles. The first kappa shape index (κ1) is 18.1. The number of aryl methyl sites for hydroxylation is 1. The van der Waals surface area contributed by atoms with E-state index >= 15 is 0 Å². The van der Waals surface area contributed by atoms with Gasteiger partial charge in [0, 0.05) is 21.7 Å². The van der Waals surface area contributed by atoms with Crippen molar-refractivity contribution < 1.29 is 15.0 Å². The third kappa shape index (κ3) is 2.67. The number of phenolic OH excluding ortho intramolecular Hbond substituents is 1. The highest BCUT2D eigenvalue weighted by molar-refractivity contribution is 6.18. The molecule has 0 aliphatic rings. The molecular formula is C25H20N2O3. The summed E-state index contributed by atoms with van der Waals surface area (Å²) in [5, 5.41) is 24.7. The van der Waals surface area contributed by atoms with E-state index in [1.54, 1.807) is 24.3 Å². The third-order valence-electron chi connectivity index (χ3n) is 5.64. The molecule has 5 heteroatoms. The van der Waals surface area contributed by atoms with Gasteiger partial charge in [0.05, 0.1) is 16.9 Å². The first-order valence-corrected chi connectivity index (χ1v) is 9.85. The van der Waals surface area contributed by atoms with E-state index in [-0.39, 0.29) is 11.4 Å². The van der Waals surface area contributed by atoms with Crippen LogP contribution in [0.4, 0.5) is 16.2 Å². The van der Waals surface area contributed by atoms with Gasteiger partial charge >= 0.3 is 6.09 Å². The van der Waals surface area contributed by atoms with Crippen LogP contribution in [0.15, 0.2) is 72.8 Å². The maximum absolute atomic E-state index is 12.2. The Kier molecular flexibility index (Phi) is 4.10. The molecule has 0 atom stereocenters. The highest BCUT2D eigenvalue weighted by Gasteiger charge is 2.23. The van der Waals surface area contributed by atoms with Crippen molar-refractivity contribution in [2.75, 3.05) is 4.90 Å². The van der Waals surface area contributed by atoms with E-state index in [0.29, 0.717) is 12.1 Å². The molecule has 5 nitrogen and oxygen atoms in total. The zero-order valence-electron chi connectivity index (χ0n) is 16.4. The van der Waals surface area contributed by atoms with Gasteiger partial charge in [0.25, 0.3) is 0 Å². The van der Waals surface area contributed by atoms with Gasteiger partial charge in [0.15, 0.2) is 0 Å². The monoisotopic (exact) mass is 396 g/mol. The van der Waals surface area contributed by atoms with Crippen molar-refractivity contribution in [2.45, 2.75) is 13.3 Å². The molecule has 3 N–H and O–H groups in total. The molecule has 4 aromatic carbocycles. The van der Waals surface area contributed by atoms with Crippen LogP contribution in [0.5, 0.6) is 5.75 Å². The minimum Gasteiger partial charge on any atom is -0.506 e. The number of hydrogen-bond donors (Lipinski definition) is 3. The van der Waals surface area contributed by atoms with E-state index in [4.69, 9.17) is 0 Å². The van der Waals surface area contributed by atoms with Crippen LogP contribution >= 0.6 is 0 Å². The Balaban J connectivity index is 1.77. The fourth-order valence-corrected chi connectivity index (χ4v) is 4.21. The molecule has 0 spiro atoms. The molecule has 1 heterocycles. The lowest BCUT2D eigenvalue weighted by molar-refractivity contribution is 0.204. The maximum Gasteiger partial charge on any atom is 0.416 e. The number of carbonyl (C=O) groups is 1. The number of aromatic amines is 1. The quantitative estimate of drug-likeness (QED) is 0.323. The summed E-state index contributed by atoms with van der Waals surface area (Å²) in [4.78, 5) is 16.8. The summed E-state index contributed by atoms with van der Waals surface area (Å²) in [6, 6.07) is 22.8. The van der Waals surface area contributed by atoms with Gasteiger partial charge in [-0.1, -0.05) is 55.5 Å². The van der Waals surface area contributed by atoms with E-state index in [2.05, 4.69) is 11.1 Å². The van der Waals surface area contributed by atoms with E-state index in [1.807, 2.05) is 49.4 Å². The predicted octanol–water partition coefficient (Wildman–Crippen LogP) is 6.56. The van der Waals surface area contributed by atoms with Crippen molar-refractivity contribution in [3.05, 3.63) is 78.4 Å². The normalized spacial score (nSPS) is 11.4. The Morgan fingerprint density at radius 1 is 0.900 bits per heavy atom. The Morgan fingerprint density at radius 2 is 1.67 bits per heavy atom. The van der Waals surface area contributed by atoms with E-state index in [0.717, 1.165) is 43.0 Å². The van der Waals surface area contributed by atoms with Gasteiger partial charge in [-0.05, 0) is 41.6 Å². The second-order valence-corrected chi connectivity index (χ2v) is 7.32. The molecule has 0 aliphatic carbocycles. The van der Waals surface area contributed by atoms with E-state index in [9.17, 15) is 15.0 Å². The van der Waals surface area contributed by atoms with Crippen molar-refractivity contribution in [1.82, 2.24) is 4.98 Å². The molecule has 0 fully saturated rings. The average molecular weight is 396 g/mol. The highest BCUT2D eigenvalue weighted by atomic mass is 16.4. The van der Waals surface area contributed by atoms with Crippen LogP contribution < -0.4 is 4.90 Å². The van der Waals surface area contributed by atoms with Gasteiger partial charge in [-0.15, -0.1) is 0 Å². The first-order chi connectivity index (χ1) is 14.6. The van der Waals surface area contributed by atoms with Crippen LogP contribution in [0.1, 0.15) is 12.5 Å². The topological polar surface area (TPSA) is 76.6 Å². The smallest absolute Gasteiger partial charge is 0.416 e. The van der Waals surface area contributed by atoms with Crippen molar-refractivity contribution in [3.63, 3.8) is 0 Å². The van der Waals surface area contributed by atoms with Crippen molar-refractivity contribution in [3.8, 4) is 5.75 Å². The molecule has 1 aromatic heterocycles. The molecule has 5 rings (SSSR count). The Bertz CT molecular complexity index is 1440. The Hall–Kier alpha value is -3.99. The lowest BCUT2D eigenvalue weighted by atomic mass is 10.0. The van der Waals surface area contributed by atoms with Crippen molar-refractivity contribution in [1.29, 1.82) is 0 Å². The highest BCUT2D eigenvalue weighted by Crippen LogP contribution is 2.40. The summed E-state index contributed by atoms with van der Waals surface area (Å²) < 4.78 is 0. The number of fused-ring (bicyclic) bond motifs is 5. The Morgan fingerprint density at radius 3 is 2.47 bits per heavy atom. The molecule has 0 unspecified atom stereocenters. The van der Waals surface area contributed by atoms with Crippen LogP contribution in [0.3, 0.4) is 0 Å². The lowest BCUT2D eigenvalue weighted by Crippen LogP contribution is -2.24. The summed E-state index contributed by atoms with van der Waals surface area (Å²) in [7, 11) is 0. The molecule has 1 amide bonds. The number of amides is 1. The number of rotatable bonds is 3. The van der Waals surface area contributed by atoms with Gasteiger partial charge in [-0.25, -0.2) is 9.69 Å². The summed E-state index contributed by atoms with van der Waals surface area (Å²) >= 11 is 0. The number of nitrogens with zero attached hydrogens (tertiary/aromatic N) is 1. The van der Waals surface area contributed by atoms with E-state index < -0.39 is 6.09 Å². The van der Waals surface area contributed by atoms with E-state index in [1.165, 1.54) is 0 Å². The van der Waals surface area contributed by atoms with Gasteiger partial charge in [0.2, 0.25) is 0 Å². The number of H-pyrrole nitrogens is 1. The number of carboxylic acid groups (broad SMARTS) is 1. The Labute approximate surface area is 172 Å². The number of hydrogen-bond acceptors (Lipinski definition) is 2. The number of anilines is 2. The number of phenols is 1. The zero-order valence-corrected chi connectivity index (χ0v) is 16.4. The molecule has 0 saturated carbocycles. The van der Waals surface area contributed by atoms with Crippen LogP contribution in [0.25, 0.3) is 32.6 Å². The van der Waals surface area contributed by atoms with Gasteiger partial charge in [-0.3, -0.25) is 0 Å². The summed E-state index contributed by atoms with van der Waals surface area (Å²) in [6.07, 6.45) is -0.457. The molecule has 30 heavy (non-hydrogen) atoms. The lowest BCUT2D eigenvalue weighted by Gasteiger charge is -2.23.